The molecular weight excluding hydrogens is 121 g/mol. The molecule has 0 aliphatic heterocycles. The lowest BCUT2D eigenvalue weighted by molar-refractivity contribution is 0.278. The molecule has 0 bridgehead atoms. The van der Waals surface area contributed by atoms with Gasteiger partial charge < -0.3 is 4.52 Å². The first-order chi connectivity index (χ1) is 4.20. The Hall–Kier alpha value is -0.860. The number of aromatic nitrogens is 1. The van der Waals surface area contributed by atoms with Gasteiger partial charge in [-0.05, 0) is 5.92 Å². The minimum Gasteiger partial charge on any atom is -0.326 e. The van der Waals surface area contributed by atoms with Crippen molar-refractivity contribution in [3.05, 3.63) is 17.8 Å². The van der Waals surface area contributed by atoms with E-state index in [1.807, 2.05) is 13.8 Å². The predicted octanol–water partition coefficient (Wildman–Crippen LogP) is 1.94. The van der Waals surface area contributed by atoms with Crippen molar-refractivity contribution in [3.63, 3.8) is 0 Å². The van der Waals surface area contributed by atoms with Gasteiger partial charge in [-0.15, -0.1) is 0 Å². The molecule has 0 N–H and O–H groups in total. The first-order valence-electron chi connectivity index (χ1n) is 2.82. The smallest absolute Gasteiger partial charge is 0.306 e. The van der Waals surface area contributed by atoms with Crippen LogP contribution in [0, 0.1) is 6.01 Å². The van der Waals surface area contributed by atoms with Crippen LogP contribution in [0.5, 0.6) is 0 Å². The Kier molecular flexibility index (Phi) is 1.51. The zero-order chi connectivity index (χ0) is 6.85. The number of hydrogen-bond acceptors (Lipinski definition) is 2. The zero-order valence-electron chi connectivity index (χ0n) is 5.39. The van der Waals surface area contributed by atoms with Crippen LogP contribution in [-0.4, -0.2) is 5.16 Å². The molecule has 0 amide bonds. The SMILES string of the molecule is CC(C)c1cc(F)on1. The summed E-state index contributed by atoms with van der Waals surface area (Å²) in [6.07, 6.45) is 0. The fourth-order valence-corrected chi connectivity index (χ4v) is 0.537. The van der Waals surface area contributed by atoms with Crippen LogP contribution in [0.1, 0.15) is 25.5 Å². The summed E-state index contributed by atoms with van der Waals surface area (Å²) in [7, 11) is 0. The molecule has 1 rings (SSSR count). The molecule has 0 atom stereocenters. The monoisotopic (exact) mass is 129 g/mol. The van der Waals surface area contributed by atoms with E-state index in [1.165, 1.54) is 6.07 Å². The fourth-order valence-electron chi connectivity index (χ4n) is 0.537. The highest BCUT2D eigenvalue weighted by Crippen LogP contribution is 2.12. The van der Waals surface area contributed by atoms with Crippen LogP contribution in [0.25, 0.3) is 0 Å². The molecule has 0 aliphatic carbocycles. The van der Waals surface area contributed by atoms with E-state index in [9.17, 15) is 4.39 Å². The molecule has 1 aromatic rings. The summed E-state index contributed by atoms with van der Waals surface area (Å²) >= 11 is 0. The number of hydrogen-bond donors (Lipinski definition) is 0. The Morgan fingerprint density at radius 3 is 2.56 bits per heavy atom. The Balaban J connectivity index is 2.85. The first kappa shape index (κ1) is 6.26. The van der Waals surface area contributed by atoms with Crippen LogP contribution in [0.4, 0.5) is 4.39 Å². The van der Waals surface area contributed by atoms with E-state index in [-0.39, 0.29) is 5.92 Å². The topological polar surface area (TPSA) is 26.0 Å². The van der Waals surface area contributed by atoms with E-state index in [0.717, 1.165) is 0 Å². The lowest BCUT2D eigenvalue weighted by Crippen LogP contribution is -1.84. The van der Waals surface area contributed by atoms with Crippen LogP contribution in [-0.2, 0) is 0 Å². The normalized spacial score (nSPS) is 10.7. The maximum absolute atomic E-state index is 12.1. The Bertz CT molecular complexity index is 195. The number of halogens is 1. The summed E-state index contributed by atoms with van der Waals surface area (Å²) in [5, 5.41) is 3.47. The summed E-state index contributed by atoms with van der Waals surface area (Å²) in [6, 6.07) is 0.684. The summed E-state index contributed by atoms with van der Waals surface area (Å²) in [6.45, 7) is 3.86. The Labute approximate surface area is 52.7 Å². The van der Waals surface area contributed by atoms with Crippen molar-refractivity contribution in [1.29, 1.82) is 0 Å². The van der Waals surface area contributed by atoms with Gasteiger partial charge in [0.05, 0.1) is 5.69 Å². The number of nitrogens with zero attached hydrogens (tertiary/aromatic N) is 1. The van der Waals surface area contributed by atoms with Gasteiger partial charge in [0, 0.05) is 6.07 Å². The second-order valence-corrected chi connectivity index (χ2v) is 2.21. The highest BCUT2D eigenvalue weighted by Gasteiger charge is 2.05. The van der Waals surface area contributed by atoms with Crippen molar-refractivity contribution in [2.24, 2.45) is 0 Å². The summed E-state index contributed by atoms with van der Waals surface area (Å²) in [4.78, 5) is 0. The molecule has 9 heavy (non-hydrogen) atoms. The molecule has 0 saturated heterocycles. The average molecular weight is 129 g/mol. The highest BCUT2D eigenvalue weighted by molar-refractivity contribution is 5.01. The quantitative estimate of drug-likeness (QED) is 0.579. The van der Waals surface area contributed by atoms with Crippen molar-refractivity contribution in [2.45, 2.75) is 19.8 Å². The summed E-state index contributed by atoms with van der Waals surface area (Å²) < 4.78 is 16.3. The molecule has 0 spiro atoms. The molecule has 1 heterocycles. The lowest BCUT2D eigenvalue weighted by Gasteiger charge is -1.92. The molecule has 0 saturated carbocycles. The largest absolute Gasteiger partial charge is 0.326 e. The average Bonchev–Trinajstić information content (AvgIpc) is 2.14. The van der Waals surface area contributed by atoms with Crippen molar-refractivity contribution >= 4 is 0 Å². The molecule has 0 unspecified atom stereocenters. The number of rotatable bonds is 1. The maximum Gasteiger partial charge on any atom is 0.306 e. The minimum absolute atomic E-state index is 0.234. The van der Waals surface area contributed by atoms with Gasteiger partial charge in [-0.1, -0.05) is 19.0 Å². The molecule has 0 radical (unpaired) electrons. The second kappa shape index (κ2) is 2.17. The highest BCUT2D eigenvalue weighted by atomic mass is 19.1. The fraction of sp³-hybridized carbons (Fsp3) is 0.500. The van der Waals surface area contributed by atoms with Gasteiger partial charge >= 0.3 is 6.01 Å². The van der Waals surface area contributed by atoms with Crippen LogP contribution >= 0.6 is 0 Å². The third kappa shape index (κ3) is 1.28. The molecule has 0 aromatic carbocycles. The van der Waals surface area contributed by atoms with Gasteiger partial charge in [0.1, 0.15) is 0 Å². The standard InChI is InChI=1S/C6H8FNO/c1-4(2)5-3-6(7)9-8-5/h3-4H,1-2H3. The third-order valence-electron chi connectivity index (χ3n) is 1.09. The molecule has 0 fully saturated rings. The van der Waals surface area contributed by atoms with Crippen LogP contribution < -0.4 is 0 Å². The van der Waals surface area contributed by atoms with E-state index < -0.39 is 6.01 Å². The Morgan fingerprint density at radius 1 is 1.67 bits per heavy atom. The van der Waals surface area contributed by atoms with E-state index >= 15 is 0 Å². The molecule has 50 valence electrons. The van der Waals surface area contributed by atoms with Gasteiger partial charge in [-0.2, -0.15) is 4.39 Å². The van der Waals surface area contributed by atoms with Gasteiger partial charge in [0.15, 0.2) is 0 Å². The Morgan fingerprint density at radius 2 is 2.33 bits per heavy atom. The molecule has 1 aromatic heterocycles. The van der Waals surface area contributed by atoms with Crippen LogP contribution in [0.2, 0.25) is 0 Å². The van der Waals surface area contributed by atoms with Crippen molar-refractivity contribution < 1.29 is 8.91 Å². The molecule has 2 nitrogen and oxygen atoms in total. The van der Waals surface area contributed by atoms with Gasteiger partial charge in [-0.3, -0.25) is 0 Å². The summed E-state index contributed by atoms with van der Waals surface area (Å²) in [5.74, 6) is 0.234. The van der Waals surface area contributed by atoms with E-state index in [0.29, 0.717) is 5.69 Å². The molecule has 0 aliphatic rings. The zero-order valence-corrected chi connectivity index (χ0v) is 5.39. The third-order valence-corrected chi connectivity index (χ3v) is 1.09. The van der Waals surface area contributed by atoms with E-state index in [1.54, 1.807) is 0 Å². The lowest BCUT2D eigenvalue weighted by atomic mass is 10.1. The summed E-state index contributed by atoms with van der Waals surface area (Å²) in [5.41, 5.74) is 0.660. The van der Waals surface area contributed by atoms with Crippen molar-refractivity contribution in [3.8, 4) is 0 Å². The van der Waals surface area contributed by atoms with Crippen molar-refractivity contribution in [2.75, 3.05) is 0 Å². The first-order valence-corrected chi connectivity index (χ1v) is 2.82. The van der Waals surface area contributed by atoms with Gasteiger partial charge in [-0.25, -0.2) is 0 Å². The maximum atomic E-state index is 12.1. The minimum atomic E-state index is -0.612. The second-order valence-electron chi connectivity index (χ2n) is 2.21. The van der Waals surface area contributed by atoms with Gasteiger partial charge in [0.2, 0.25) is 0 Å². The van der Waals surface area contributed by atoms with Gasteiger partial charge in [0.25, 0.3) is 0 Å². The van der Waals surface area contributed by atoms with Crippen molar-refractivity contribution in [1.82, 2.24) is 5.16 Å². The van der Waals surface area contributed by atoms with E-state index in [2.05, 4.69) is 9.68 Å². The van der Waals surface area contributed by atoms with E-state index in [4.69, 9.17) is 0 Å². The van der Waals surface area contributed by atoms with Crippen LogP contribution in [0.15, 0.2) is 10.6 Å². The predicted molar refractivity (Wildman–Crippen MR) is 30.5 cm³/mol. The van der Waals surface area contributed by atoms with Crippen LogP contribution in [0.3, 0.4) is 0 Å². The molecule has 3 heteroatoms. The molecular formula is C6H8FNO.